The fraction of sp³-hybridized carbons (Fsp3) is 0.381. The molecule has 0 radical (unpaired) electrons. The fourth-order valence-corrected chi connectivity index (χ4v) is 4.05. The van der Waals surface area contributed by atoms with Crippen LogP contribution in [0.5, 0.6) is 5.75 Å². The number of hydrogen-bond acceptors (Lipinski definition) is 4. The topological polar surface area (TPSA) is 61.9 Å². The van der Waals surface area contributed by atoms with Crippen LogP contribution >= 0.6 is 11.6 Å². The second-order valence-corrected chi connectivity index (χ2v) is 7.59. The minimum atomic E-state index is -0.158. The summed E-state index contributed by atoms with van der Waals surface area (Å²) in [6, 6.07) is 9.75. The lowest BCUT2D eigenvalue weighted by Crippen LogP contribution is -2.30. The van der Waals surface area contributed by atoms with E-state index in [1.54, 1.807) is 22.6 Å². The average molecular weight is 399 g/mol. The van der Waals surface area contributed by atoms with Crippen LogP contribution in [0.3, 0.4) is 0 Å². The molecular weight excluding hydrogens is 376 g/mol. The van der Waals surface area contributed by atoms with Crippen molar-refractivity contribution in [1.82, 2.24) is 19.3 Å². The molecular formula is C21H23ClN4O2. The molecule has 0 amide bonds. The standard InChI is InChI=1S/C21H23ClN4O2/c1-14-12-18(15-8-10-17(28-2)11-9-15)26(24-14)20-21(27)25(13-19(22)23-20)16-6-4-3-5-7-16/h8-13,16H,3-7H2,1-2H3. The number of halogens is 1. The summed E-state index contributed by atoms with van der Waals surface area (Å²) in [5.41, 5.74) is 2.36. The molecule has 2 aromatic heterocycles. The third kappa shape index (κ3) is 3.56. The Morgan fingerprint density at radius 3 is 2.54 bits per heavy atom. The van der Waals surface area contributed by atoms with Gasteiger partial charge in [0, 0.05) is 17.8 Å². The van der Waals surface area contributed by atoms with Gasteiger partial charge in [-0.3, -0.25) is 4.79 Å². The van der Waals surface area contributed by atoms with E-state index < -0.39 is 0 Å². The second-order valence-electron chi connectivity index (χ2n) is 7.20. The maximum absolute atomic E-state index is 13.3. The molecule has 3 aromatic rings. The van der Waals surface area contributed by atoms with Crippen molar-refractivity contribution in [3.8, 4) is 22.8 Å². The Balaban J connectivity index is 1.83. The number of aryl methyl sites for hydroxylation is 1. The number of methoxy groups -OCH3 is 1. The number of nitrogens with zero attached hydrogens (tertiary/aromatic N) is 4. The normalized spacial score (nSPS) is 15.0. The van der Waals surface area contributed by atoms with Gasteiger partial charge in [0.2, 0.25) is 5.82 Å². The van der Waals surface area contributed by atoms with Crippen molar-refractivity contribution < 1.29 is 4.74 Å². The zero-order valence-corrected chi connectivity index (χ0v) is 16.8. The van der Waals surface area contributed by atoms with Crippen molar-refractivity contribution in [2.24, 2.45) is 0 Å². The van der Waals surface area contributed by atoms with E-state index in [9.17, 15) is 4.79 Å². The number of ether oxygens (including phenoxy) is 1. The number of benzene rings is 1. The lowest BCUT2D eigenvalue weighted by atomic mass is 9.95. The first-order valence-electron chi connectivity index (χ1n) is 9.57. The quantitative estimate of drug-likeness (QED) is 0.645. The molecule has 1 fully saturated rings. The molecule has 1 saturated carbocycles. The molecule has 6 nitrogen and oxygen atoms in total. The van der Waals surface area contributed by atoms with Crippen LogP contribution in [0.15, 0.2) is 41.3 Å². The Hall–Kier alpha value is -2.60. The first-order chi connectivity index (χ1) is 13.6. The summed E-state index contributed by atoms with van der Waals surface area (Å²) in [4.78, 5) is 17.6. The Labute approximate surface area is 168 Å². The predicted octanol–water partition coefficient (Wildman–Crippen LogP) is 4.57. The second kappa shape index (κ2) is 7.80. The Bertz CT molecular complexity index is 1030. The number of rotatable bonds is 4. The van der Waals surface area contributed by atoms with E-state index in [1.807, 2.05) is 37.3 Å². The molecule has 146 valence electrons. The third-order valence-electron chi connectivity index (χ3n) is 5.27. The van der Waals surface area contributed by atoms with Gasteiger partial charge in [0.1, 0.15) is 10.9 Å². The molecule has 0 aliphatic heterocycles. The van der Waals surface area contributed by atoms with Crippen LogP contribution in [0.4, 0.5) is 0 Å². The van der Waals surface area contributed by atoms with Crippen molar-refractivity contribution in [3.63, 3.8) is 0 Å². The lowest BCUT2D eigenvalue weighted by Gasteiger charge is -2.24. The highest BCUT2D eigenvalue weighted by molar-refractivity contribution is 6.29. The predicted molar refractivity (Wildman–Crippen MR) is 109 cm³/mol. The smallest absolute Gasteiger partial charge is 0.296 e. The van der Waals surface area contributed by atoms with Crippen LogP contribution in [0.2, 0.25) is 5.15 Å². The van der Waals surface area contributed by atoms with Crippen LogP contribution in [-0.4, -0.2) is 26.4 Å². The van der Waals surface area contributed by atoms with Gasteiger partial charge in [-0.1, -0.05) is 30.9 Å². The molecule has 28 heavy (non-hydrogen) atoms. The van der Waals surface area contributed by atoms with Gasteiger partial charge in [0.15, 0.2) is 0 Å². The van der Waals surface area contributed by atoms with Crippen LogP contribution in [0.25, 0.3) is 17.1 Å². The first kappa shape index (κ1) is 18.7. The molecule has 1 aliphatic rings. The largest absolute Gasteiger partial charge is 0.497 e. The maximum Gasteiger partial charge on any atom is 0.296 e. The van der Waals surface area contributed by atoms with Gasteiger partial charge in [-0.25, -0.2) is 9.67 Å². The van der Waals surface area contributed by atoms with Gasteiger partial charge in [0.05, 0.1) is 18.5 Å². The molecule has 0 atom stereocenters. The average Bonchev–Trinajstić information content (AvgIpc) is 3.11. The van der Waals surface area contributed by atoms with Crippen molar-refractivity contribution in [2.75, 3.05) is 7.11 Å². The molecule has 0 unspecified atom stereocenters. The van der Waals surface area contributed by atoms with E-state index in [0.29, 0.717) is 5.15 Å². The zero-order valence-electron chi connectivity index (χ0n) is 16.1. The van der Waals surface area contributed by atoms with Crippen LogP contribution in [0.1, 0.15) is 43.8 Å². The van der Waals surface area contributed by atoms with E-state index in [4.69, 9.17) is 16.3 Å². The van der Waals surface area contributed by atoms with E-state index in [-0.39, 0.29) is 17.4 Å². The first-order valence-corrected chi connectivity index (χ1v) is 9.95. The highest BCUT2D eigenvalue weighted by Gasteiger charge is 2.22. The Morgan fingerprint density at radius 2 is 1.86 bits per heavy atom. The monoisotopic (exact) mass is 398 g/mol. The van der Waals surface area contributed by atoms with E-state index in [0.717, 1.165) is 48.4 Å². The minimum Gasteiger partial charge on any atom is -0.497 e. The van der Waals surface area contributed by atoms with Crippen molar-refractivity contribution >= 4 is 11.6 Å². The highest BCUT2D eigenvalue weighted by Crippen LogP contribution is 2.29. The van der Waals surface area contributed by atoms with E-state index in [1.165, 1.54) is 6.42 Å². The lowest BCUT2D eigenvalue weighted by molar-refractivity contribution is 0.344. The SMILES string of the molecule is COc1ccc(-c2cc(C)nn2-c2nc(Cl)cn(C3CCCCC3)c2=O)cc1. The number of aromatic nitrogens is 4. The fourth-order valence-electron chi connectivity index (χ4n) is 3.86. The molecule has 4 rings (SSSR count). The van der Waals surface area contributed by atoms with Gasteiger partial charge in [0.25, 0.3) is 5.56 Å². The number of hydrogen-bond donors (Lipinski definition) is 0. The molecule has 0 bridgehead atoms. The molecule has 0 N–H and O–H groups in total. The summed E-state index contributed by atoms with van der Waals surface area (Å²) in [7, 11) is 1.63. The van der Waals surface area contributed by atoms with Gasteiger partial charge in [-0.15, -0.1) is 0 Å². The molecule has 1 aromatic carbocycles. The summed E-state index contributed by atoms with van der Waals surface area (Å²) in [5, 5.41) is 4.84. The van der Waals surface area contributed by atoms with E-state index >= 15 is 0 Å². The van der Waals surface area contributed by atoms with Crippen molar-refractivity contribution in [1.29, 1.82) is 0 Å². The Morgan fingerprint density at radius 1 is 1.14 bits per heavy atom. The molecule has 0 saturated heterocycles. The molecule has 0 spiro atoms. The molecule has 2 heterocycles. The third-order valence-corrected chi connectivity index (χ3v) is 5.45. The van der Waals surface area contributed by atoms with Crippen molar-refractivity contribution in [3.05, 3.63) is 57.7 Å². The van der Waals surface area contributed by atoms with Gasteiger partial charge in [-0.2, -0.15) is 5.10 Å². The van der Waals surface area contributed by atoms with Crippen LogP contribution in [0, 0.1) is 6.92 Å². The van der Waals surface area contributed by atoms with E-state index in [2.05, 4.69) is 10.1 Å². The summed E-state index contributed by atoms with van der Waals surface area (Å²) < 4.78 is 8.59. The zero-order chi connectivity index (χ0) is 19.7. The maximum atomic E-state index is 13.3. The van der Waals surface area contributed by atoms with Gasteiger partial charge in [-0.05, 0) is 50.1 Å². The molecule has 1 aliphatic carbocycles. The Kier molecular flexibility index (Phi) is 5.22. The summed E-state index contributed by atoms with van der Waals surface area (Å²) in [6.45, 7) is 1.90. The van der Waals surface area contributed by atoms with Gasteiger partial charge < -0.3 is 9.30 Å². The van der Waals surface area contributed by atoms with Crippen LogP contribution < -0.4 is 10.3 Å². The summed E-state index contributed by atoms with van der Waals surface area (Å²) >= 11 is 6.31. The highest BCUT2D eigenvalue weighted by atomic mass is 35.5. The summed E-state index contributed by atoms with van der Waals surface area (Å²) in [5.74, 6) is 1.00. The van der Waals surface area contributed by atoms with Crippen molar-refractivity contribution in [2.45, 2.75) is 45.1 Å². The van der Waals surface area contributed by atoms with Gasteiger partial charge >= 0.3 is 0 Å². The molecule has 7 heteroatoms. The summed E-state index contributed by atoms with van der Waals surface area (Å²) in [6.07, 6.45) is 7.12. The minimum absolute atomic E-state index is 0.158. The van der Waals surface area contributed by atoms with Crippen LogP contribution in [-0.2, 0) is 0 Å².